The third-order valence-corrected chi connectivity index (χ3v) is 10.9. The molecular formula is C58H48. The Morgan fingerprint density at radius 1 is 0.293 bits per heavy atom. The first-order valence-corrected chi connectivity index (χ1v) is 20.2. The van der Waals surface area contributed by atoms with Gasteiger partial charge >= 0.3 is 0 Å². The molecule has 0 fully saturated rings. The maximum Gasteiger partial charge on any atom is -0.0105 e. The molecule has 0 heteroatoms. The Balaban J connectivity index is 1.19. The Morgan fingerprint density at radius 2 is 0.638 bits per heavy atom. The van der Waals surface area contributed by atoms with Crippen LogP contribution in [0, 0.1) is 27.7 Å². The van der Waals surface area contributed by atoms with Crippen molar-refractivity contribution >= 4 is 58.4 Å². The van der Waals surface area contributed by atoms with E-state index in [-0.39, 0.29) is 0 Å². The summed E-state index contributed by atoms with van der Waals surface area (Å²) in [4.78, 5) is 0. The smallest absolute Gasteiger partial charge is 0.0105 e. The van der Waals surface area contributed by atoms with Crippen LogP contribution in [-0.4, -0.2) is 0 Å². The van der Waals surface area contributed by atoms with Gasteiger partial charge in [-0.2, -0.15) is 0 Å². The zero-order valence-electron chi connectivity index (χ0n) is 33.8. The minimum Gasteiger partial charge on any atom is -0.0616 e. The SMILES string of the molecule is Cc1ccc(C(=Cc2ccccc2C=Cc2ccc3ccccc3c2C=Cc2ccccc2C=C(c2ccc(C)cc2)c2ccc(C)cc2)c2ccc(C)cc2)cc1. The molecule has 8 aromatic rings. The fourth-order valence-electron chi connectivity index (χ4n) is 7.49. The fourth-order valence-corrected chi connectivity index (χ4v) is 7.49. The highest BCUT2D eigenvalue weighted by atomic mass is 14.1. The summed E-state index contributed by atoms with van der Waals surface area (Å²) in [5, 5.41) is 2.45. The minimum absolute atomic E-state index is 1.16. The van der Waals surface area contributed by atoms with E-state index in [1.165, 1.54) is 88.7 Å². The summed E-state index contributed by atoms with van der Waals surface area (Å²) in [6.07, 6.45) is 13.8. The molecule has 0 aliphatic carbocycles. The Kier molecular flexibility index (Phi) is 11.4. The second kappa shape index (κ2) is 17.4. The van der Waals surface area contributed by atoms with Gasteiger partial charge in [0.15, 0.2) is 0 Å². The van der Waals surface area contributed by atoms with Crippen molar-refractivity contribution in [2.75, 3.05) is 0 Å². The summed E-state index contributed by atoms with van der Waals surface area (Å²) < 4.78 is 0. The Bertz CT molecular complexity index is 2710. The van der Waals surface area contributed by atoms with E-state index in [9.17, 15) is 0 Å². The molecule has 0 amide bonds. The van der Waals surface area contributed by atoms with Crippen molar-refractivity contribution in [2.45, 2.75) is 27.7 Å². The zero-order valence-corrected chi connectivity index (χ0v) is 33.8. The van der Waals surface area contributed by atoms with E-state index in [1.807, 2.05) is 0 Å². The van der Waals surface area contributed by atoms with Gasteiger partial charge < -0.3 is 0 Å². The van der Waals surface area contributed by atoms with Crippen LogP contribution in [0.2, 0.25) is 0 Å². The summed E-state index contributed by atoms with van der Waals surface area (Å²) in [7, 11) is 0. The van der Waals surface area contributed by atoms with Crippen LogP contribution in [-0.2, 0) is 0 Å². The molecule has 0 saturated carbocycles. The largest absolute Gasteiger partial charge is 0.0616 e. The van der Waals surface area contributed by atoms with Crippen LogP contribution in [0.5, 0.6) is 0 Å². The maximum atomic E-state index is 2.34. The molecule has 0 radical (unpaired) electrons. The van der Waals surface area contributed by atoms with E-state index in [4.69, 9.17) is 0 Å². The molecule has 0 bridgehead atoms. The molecule has 8 aromatic carbocycles. The number of hydrogen-bond acceptors (Lipinski definition) is 0. The van der Waals surface area contributed by atoms with Gasteiger partial charge in [0.1, 0.15) is 0 Å². The lowest BCUT2D eigenvalue weighted by Gasteiger charge is -2.12. The summed E-state index contributed by atoms with van der Waals surface area (Å²) in [5.74, 6) is 0. The van der Waals surface area contributed by atoms with Gasteiger partial charge in [0.25, 0.3) is 0 Å². The van der Waals surface area contributed by atoms with Gasteiger partial charge in [0.05, 0.1) is 0 Å². The summed E-state index contributed by atoms with van der Waals surface area (Å²) in [6.45, 7) is 8.56. The Labute approximate surface area is 344 Å². The molecule has 0 spiro atoms. The van der Waals surface area contributed by atoms with E-state index < -0.39 is 0 Å². The van der Waals surface area contributed by atoms with Crippen molar-refractivity contribution in [1.82, 2.24) is 0 Å². The van der Waals surface area contributed by atoms with Crippen LogP contribution in [0.3, 0.4) is 0 Å². The molecule has 0 atom stereocenters. The summed E-state index contributed by atoms with van der Waals surface area (Å²) >= 11 is 0. The van der Waals surface area contributed by atoms with Gasteiger partial charge in [-0.15, -0.1) is 0 Å². The molecule has 0 aliphatic heterocycles. The van der Waals surface area contributed by atoms with Crippen molar-refractivity contribution in [3.63, 3.8) is 0 Å². The highest BCUT2D eigenvalue weighted by molar-refractivity contribution is 5.99. The molecule has 0 aliphatic rings. The predicted octanol–water partition coefficient (Wildman–Crippen LogP) is 15.6. The van der Waals surface area contributed by atoms with Crippen LogP contribution in [0.15, 0.2) is 182 Å². The highest BCUT2D eigenvalue weighted by Crippen LogP contribution is 2.32. The first-order valence-electron chi connectivity index (χ1n) is 20.2. The number of hydrogen-bond donors (Lipinski definition) is 0. The molecule has 58 heavy (non-hydrogen) atoms. The fraction of sp³-hybridized carbons (Fsp3) is 0.0690. The maximum absolute atomic E-state index is 2.34. The van der Waals surface area contributed by atoms with E-state index >= 15 is 0 Å². The van der Waals surface area contributed by atoms with E-state index in [0.29, 0.717) is 0 Å². The van der Waals surface area contributed by atoms with Crippen LogP contribution in [0.1, 0.15) is 77.9 Å². The van der Waals surface area contributed by atoms with Crippen molar-refractivity contribution in [3.05, 3.63) is 260 Å². The molecule has 0 unspecified atom stereocenters. The van der Waals surface area contributed by atoms with Crippen molar-refractivity contribution in [3.8, 4) is 0 Å². The lowest BCUT2D eigenvalue weighted by Crippen LogP contribution is -1.91. The van der Waals surface area contributed by atoms with Crippen LogP contribution in [0.25, 0.3) is 58.4 Å². The van der Waals surface area contributed by atoms with Crippen LogP contribution < -0.4 is 0 Å². The second-order valence-corrected chi connectivity index (χ2v) is 15.3. The molecule has 8 rings (SSSR count). The van der Waals surface area contributed by atoms with E-state index in [2.05, 4.69) is 246 Å². The van der Waals surface area contributed by atoms with Gasteiger partial charge in [-0.05, 0) is 117 Å². The van der Waals surface area contributed by atoms with Gasteiger partial charge in [0.2, 0.25) is 0 Å². The quantitative estimate of drug-likeness (QED) is 0.122. The standard InChI is InChI=1S/C58H48/c1-41-17-25-49(26-18-41)57(50-27-19-42(2)20-28-50)39-53-14-7-5-11-45(53)33-34-48-36-35-47-13-9-10-16-55(47)56(48)38-37-46-12-6-8-15-54(46)40-58(51-29-21-43(3)22-30-51)52-31-23-44(4)24-32-52/h5-40H,1-4H3. The van der Waals surface area contributed by atoms with E-state index in [1.54, 1.807) is 0 Å². The first kappa shape index (κ1) is 37.9. The predicted molar refractivity (Wildman–Crippen MR) is 253 cm³/mol. The number of fused-ring (bicyclic) bond motifs is 1. The van der Waals surface area contributed by atoms with Crippen molar-refractivity contribution in [1.29, 1.82) is 0 Å². The molecule has 0 saturated heterocycles. The third kappa shape index (κ3) is 8.83. The molecule has 0 aromatic heterocycles. The molecular weight excluding hydrogens is 697 g/mol. The number of rotatable bonds is 10. The minimum atomic E-state index is 1.16. The molecule has 0 N–H and O–H groups in total. The zero-order chi connectivity index (χ0) is 39.8. The van der Waals surface area contributed by atoms with E-state index in [0.717, 1.165) is 11.1 Å². The van der Waals surface area contributed by atoms with Gasteiger partial charge in [-0.3, -0.25) is 0 Å². The Hall–Kier alpha value is -7.02. The third-order valence-electron chi connectivity index (χ3n) is 10.9. The number of aryl methyl sites for hydroxylation is 4. The van der Waals surface area contributed by atoms with Gasteiger partial charge in [0, 0.05) is 0 Å². The highest BCUT2D eigenvalue weighted by Gasteiger charge is 2.10. The number of benzene rings is 8. The van der Waals surface area contributed by atoms with Gasteiger partial charge in [-0.1, -0.05) is 229 Å². The molecule has 0 heterocycles. The van der Waals surface area contributed by atoms with Crippen molar-refractivity contribution in [2.24, 2.45) is 0 Å². The molecule has 280 valence electrons. The van der Waals surface area contributed by atoms with Crippen molar-refractivity contribution < 1.29 is 0 Å². The lowest BCUT2D eigenvalue weighted by molar-refractivity contribution is 1.43. The second-order valence-electron chi connectivity index (χ2n) is 15.3. The summed E-state index contributed by atoms with van der Waals surface area (Å²) in [6, 6.07) is 65.9. The summed E-state index contributed by atoms with van der Waals surface area (Å²) in [5.41, 5.74) is 19.3. The average molecular weight is 745 g/mol. The van der Waals surface area contributed by atoms with Gasteiger partial charge in [-0.25, -0.2) is 0 Å². The van der Waals surface area contributed by atoms with Crippen LogP contribution >= 0.6 is 0 Å². The normalized spacial score (nSPS) is 11.3. The monoisotopic (exact) mass is 744 g/mol. The average Bonchev–Trinajstić information content (AvgIpc) is 3.25. The first-order chi connectivity index (χ1) is 28.4. The Morgan fingerprint density at radius 3 is 1.07 bits per heavy atom. The molecule has 0 nitrogen and oxygen atoms in total. The van der Waals surface area contributed by atoms with Crippen LogP contribution in [0.4, 0.5) is 0 Å². The lowest BCUT2D eigenvalue weighted by atomic mass is 9.92. The topological polar surface area (TPSA) is 0 Å².